The van der Waals surface area contributed by atoms with E-state index in [-0.39, 0.29) is 11.8 Å². The van der Waals surface area contributed by atoms with E-state index in [2.05, 4.69) is 15.9 Å². The van der Waals surface area contributed by atoms with Crippen molar-refractivity contribution in [1.29, 1.82) is 0 Å². The number of nitrogens with zero attached hydrogens (tertiary/aromatic N) is 1. The van der Waals surface area contributed by atoms with Crippen LogP contribution in [0.3, 0.4) is 0 Å². The molecule has 1 fully saturated rings. The van der Waals surface area contributed by atoms with Gasteiger partial charge in [-0.05, 0) is 52.9 Å². The van der Waals surface area contributed by atoms with Crippen LogP contribution in [0.1, 0.15) is 29.6 Å². The zero-order chi connectivity index (χ0) is 14.7. The Labute approximate surface area is 126 Å². The number of halogens is 1. The molecule has 1 aliphatic rings. The van der Waals surface area contributed by atoms with Gasteiger partial charge in [-0.3, -0.25) is 9.59 Å². The Morgan fingerprint density at radius 2 is 1.95 bits per heavy atom. The van der Waals surface area contributed by atoms with Gasteiger partial charge < -0.3 is 16.4 Å². The Morgan fingerprint density at radius 1 is 1.30 bits per heavy atom. The molecule has 1 heterocycles. The van der Waals surface area contributed by atoms with Crippen molar-refractivity contribution in [2.45, 2.75) is 19.3 Å². The quantitative estimate of drug-likeness (QED) is 0.822. The molecule has 5 nitrogen and oxygen atoms in total. The van der Waals surface area contributed by atoms with E-state index in [4.69, 9.17) is 11.5 Å². The molecule has 0 saturated carbocycles. The SMILES string of the molecule is NC(=O)CC1CCN(C(=O)c2cc(N)ccc2Br)CC1. The molecule has 1 aromatic carbocycles. The monoisotopic (exact) mass is 339 g/mol. The van der Waals surface area contributed by atoms with Crippen molar-refractivity contribution in [3.8, 4) is 0 Å². The first-order valence-corrected chi connectivity index (χ1v) is 7.39. The predicted molar refractivity (Wildman–Crippen MR) is 81.0 cm³/mol. The van der Waals surface area contributed by atoms with Gasteiger partial charge in [0.2, 0.25) is 5.91 Å². The molecule has 2 rings (SSSR count). The van der Waals surface area contributed by atoms with Crippen LogP contribution in [0.15, 0.2) is 22.7 Å². The number of anilines is 1. The molecule has 2 amide bonds. The van der Waals surface area contributed by atoms with Crippen LogP contribution >= 0.6 is 15.9 Å². The fourth-order valence-corrected chi connectivity index (χ4v) is 2.92. The summed E-state index contributed by atoms with van der Waals surface area (Å²) in [5.74, 6) is -0.00381. The Hall–Kier alpha value is -1.56. The van der Waals surface area contributed by atoms with Gasteiger partial charge in [0, 0.05) is 29.7 Å². The number of likely N-dealkylation sites (tertiary alicyclic amines) is 1. The van der Waals surface area contributed by atoms with Gasteiger partial charge in [-0.2, -0.15) is 0 Å². The lowest BCUT2D eigenvalue weighted by molar-refractivity contribution is -0.119. The average Bonchev–Trinajstić information content (AvgIpc) is 2.41. The van der Waals surface area contributed by atoms with Crippen LogP contribution in [-0.4, -0.2) is 29.8 Å². The van der Waals surface area contributed by atoms with Crippen LogP contribution in [0, 0.1) is 5.92 Å². The van der Waals surface area contributed by atoms with Gasteiger partial charge in [0.1, 0.15) is 0 Å². The number of rotatable bonds is 3. The third-order valence-electron chi connectivity index (χ3n) is 3.61. The van der Waals surface area contributed by atoms with Crippen molar-refractivity contribution >= 4 is 33.4 Å². The third-order valence-corrected chi connectivity index (χ3v) is 4.30. The summed E-state index contributed by atoms with van der Waals surface area (Å²) in [6.45, 7) is 1.30. The van der Waals surface area contributed by atoms with E-state index in [9.17, 15) is 9.59 Å². The third kappa shape index (κ3) is 3.50. The smallest absolute Gasteiger partial charge is 0.255 e. The molecule has 20 heavy (non-hydrogen) atoms. The largest absolute Gasteiger partial charge is 0.399 e. The fraction of sp³-hybridized carbons (Fsp3) is 0.429. The molecular formula is C14H18BrN3O2. The number of nitrogens with two attached hydrogens (primary N) is 2. The van der Waals surface area contributed by atoms with E-state index >= 15 is 0 Å². The van der Waals surface area contributed by atoms with E-state index in [1.807, 2.05) is 0 Å². The molecule has 4 N–H and O–H groups in total. The first-order chi connectivity index (χ1) is 9.47. The molecule has 0 aromatic heterocycles. The molecule has 0 atom stereocenters. The Balaban J connectivity index is 2.01. The first-order valence-electron chi connectivity index (χ1n) is 6.60. The van der Waals surface area contributed by atoms with Gasteiger partial charge in [-0.15, -0.1) is 0 Å². The number of carbonyl (C=O) groups is 2. The zero-order valence-electron chi connectivity index (χ0n) is 11.1. The number of benzene rings is 1. The molecule has 6 heteroatoms. The van der Waals surface area contributed by atoms with Gasteiger partial charge in [-0.1, -0.05) is 0 Å². The van der Waals surface area contributed by atoms with Crippen molar-refractivity contribution in [2.24, 2.45) is 11.7 Å². The second-order valence-corrected chi connectivity index (χ2v) is 6.00. The maximum absolute atomic E-state index is 12.5. The van der Waals surface area contributed by atoms with E-state index < -0.39 is 0 Å². The van der Waals surface area contributed by atoms with Crippen molar-refractivity contribution in [1.82, 2.24) is 4.90 Å². The van der Waals surface area contributed by atoms with Gasteiger partial charge >= 0.3 is 0 Å². The van der Waals surface area contributed by atoms with E-state index in [0.717, 1.165) is 17.3 Å². The molecular weight excluding hydrogens is 322 g/mol. The molecule has 1 saturated heterocycles. The molecule has 0 bridgehead atoms. The lowest BCUT2D eigenvalue weighted by Crippen LogP contribution is -2.39. The average molecular weight is 340 g/mol. The second-order valence-electron chi connectivity index (χ2n) is 5.15. The van der Waals surface area contributed by atoms with Crippen molar-refractivity contribution in [2.75, 3.05) is 18.8 Å². The molecule has 108 valence electrons. The number of hydrogen-bond acceptors (Lipinski definition) is 3. The highest BCUT2D eigenvalue weighted by Crippen LogP contribution is 2.25. The number of primary amides is 1. The topological polar surface area (TPSA) is 89.4 Å². The molecule has 1 aromatic rings. The van der Waals surface area contributed by atoms with Gasteiger partial charge in [0.05, 0.1) is 5.56 Å². The Morgan fingerprint density at radius 3 is 2.55 bits per heavy atom. The normalized spacial score (nSPS) is 16.1. The molecule has 1 aliphatic heterocycles. The van der Waals surface area contributed by atoms with Gasteiger partial charge in [-0.25, -0.2) is 0 Å². The van der Waals surface area contributed by atoms with Crippen LogP contribution in [-0.2, 0) is 4.79 Å². The van der Waals surface area contributed by atoms with Crippen LogP contribution in [0.25, 0.3) is 0 Å². The summed E-state index contributed by atoms with van der Waals surface area (Å²) >= 11 is 3.38. The van der Waals surface area contributed by atoms with E-state index in [0.29, 0.717) is 36.7 Å². The standard InChI is InChI=1S/C14H18BrN3O2/c15-12-2-1-10(16)8-11(12)14(20)18-5-3-9(4-6-18)7-13(17)19/h1-2,8-9H,3-7,16H2,(H2,17,19). The number of nitrogen functional groups attached to an aromatic ring is 1. The highest BCUT2D eigenvalue weighted by atomic mass is 79.9. The summed E-state index contributed by atoms with van der Waals surface area (Å²) in [7, 11) is 0. The van der Waals surface area contributed by atoms with Crippen molar-refractivity contribution in [3.63, 3.8) is 0 Å². The highest BCUT2D eigenvalue weighted by Gasteiger charge is 2.25. The summed E-state index contributed by atoms with van der Waals surface area (Å²) in [6, 6.07) is 5.21. The van der Waals surface area contributed by atoms with Crippen LogP contribution < -0.4 is 11.5 Å². The molecule has 0 radical (unpaired) electrons. The van der Waals surface area contributed by atoms with E-state index in [1.165, 1.54) is 0 Å². The first kappa shape index (κ1) is 14.8. The minimum atomic E-state index is -0.270. The second kappa shape index (κ2) is 6.26. The molecule has 0 unspecified atom stereocenters. The predicted octanol–water partition coefficient (Wildman–Crippen LogP) is 1.76. The number of carbonyl (C=O) groups excluding carboxylic acids is 2. The maximum atomic E-state index is 12.5. The minimum absolute atomic E-state index is 0.0262. The van der Waals surface area contributed by atoms with Gasteiger partial charge in [0.25, 0.3) is 5.91 Å². The summed E-state index contributed by atoms with van der Waals surface area (Å²) in [5, 5.41) is 0. The van der Waals surface area contributed by atoms with Crippen LogP contribution in [0.5, 0.6) is 0 Å². The summed E-state index contributed by atoms with van der Waals surface area (Å²) in [5.41, 5.74) is 12.1. The maximum Gasteiger partial charge on any atom is 0.255 e. The molecule has 0 spiro atoms. The Bertz CT molecular complexity index is 525. The lowest BCUT2D eigenvalue weighted by atomic mass is 9.93. The van der Waals surface area contributed by atoms with Crippen molar-refractivity contribution in [3.05, 3.63) is 28.2 Å². The Kier molecular flexibility index (Phi) is 4.65. The van der Waals surface area contributed by atoms with Crippen LogP contribution in [0.2, 0.25) is 0 Å². The van der Waals surface area contributed by atoms with Crippen molar-refractivity contribution < 1.29 is 9.59 Å². The lowest BCUT2D eigenvalue weighted by Gasteiger charge is -2.31. The summed E-state index contributed by atoms with van der Waals surface area (Å²) in [4.78, 5) is 25.2. The van der Waals surface area contributed by atoms with E-state index in [1.54, 1.807) is 23.1 Å². The summed E-state index contributed by atoms with van der Waals surface area (Å²) in [6.07, 6.45) is 2.03. The zero-order valence-corrected chi connectivity index (χ0v) is 12.7. The fourth-order valence-electron chi connectivity index (χ4n) is 2.50. The number of amides is 2. The van der Waals surface area contributed by atoms with Crippen LogP contribution in [0.4, 0.5) is 5.69 Å². The minimum Gasteiger partial charge on any atom is -0.399 e. The molecule has 0 aliphatic carbocycles. The summed E-state index contributed by atoms with van der Waals surface area (Å²) < 4.78 is 0.746. The highest BCUT2D eigenvalue weighted by molar-refractivity contribution is 9.10. The number of hydrogen-bond donors (Lipinski definition) is 2. The van der Waals surface area contributed by atoms with Gasteiger partial charge in [0.15, 0.2) is 0 Å². The number of piperidine rings is 1.